The van der Waals surface area contributed by atoms with Gasteiger partial charge in [0.15, 0.2) is 14.6 Å². The van der Waals surface area contributed by atoms with Crippen molar-refractivity contribution in [2.45, 2.75) is 121 Å². The molecule has 2 atom stereocenters. The third-order valence-electron chi connectivity index (χ3n) is 5.32. The fourth-order valence-electron chi connectivity index (χ4n) is 2.44. The van der Waals surface area contributed by atoms with Crippen molar-refractivity contribution < 1.29 is 9.16 Å². The Balaban J connectivity index is 4.59. The Morgan fingerprint density at radius 1 is 0.923 bits per heavy atom. The van der Waals surface area contributed by atoms with Crippen LogP contribution in [-0.2, 0) is 9.16 Å². The summed E-state index contributed by atoms with van der Waals surface area (Å²) in [4.78, 5) is 0. The number of allylic oxidation sites excluding steroid dienone is 1. The van der Waals surface area contributed by atoms with Crippen molar-refractivity contribution in [3.8, 4) is 0 Å². The van der Waals surface area contributed by atoms with Crippen LogP contribution in [0.25, 0.3) is 0 Å². The monoisotopic (exact) mass is 496 g/mol. The average Bonchev–Trinajstić information content (AvgIpc) is 2.55. The van der Waals surface area contributed by atoms with Crippen molar-refractivity contribution in [3.63, 3.8) is 0 Å². The van der Waals surface area contributed by atoms with E-state index in [4.69, 9.17) is 9.16 Å². The van der Waals surface area contributed by atoms with Crippen LogP contribution in [0.3, 0.4) is 0 Å². The Hall–Kier alpha value is 0.607. The first-order valence-electron chi connectivity index (χ1n) is 10.7. The lowest BCUT2D eigenvalue weighted by molar-refractivity contribution is -0.0761. The van der Waals surface area contributed by atoms with Crippen LogP contribution < -0.4 is 0 Å². The molecule has 156 valence electrons. The molecule has 0 amide bonds. The molecule has 26 heavy (non-hydrogen) atoms. The van der Waals surface area contributed by atoms with E-state index < -0.39 is 8.32 Å². The Morgan fingerprint density at radius 2 is 1.54 bits per heavy atom. The summed E-state index contributed by atoms with van der Waals surface area (Å²) >= 11 is 2.56. The average molecular weight is 497 g/mol. The molecular formula is C22H45IO2Si. The molecule has 0 aromatic heterocycles. The van der Waals surface area contributed by atoms with Crippen molar-refractivity contribution in [2.75, 3.05) is 6.61 Å². The quantitative estimate of drug-likeness (QED) is 0.0567. The summed E-state index contributed by atoms with van der Waals surface area (Å²) in [5, 5.41) is 0.211. The van der Waals surface area contributed by atoms with Crippen molar-refractivity contribution in [2.24, 2.45) is 0 Å². The predicted molar refractivity (Wildman–Crippen MR) is 128 cm³/mol. The molecule has 4 heteroatoms. The van der Waals surface area contributed by atoms with Gasteiger partial charge in [-0.25, -0.2) is 0 Å². The molecule has 0 aliphatic heterocycles. The number of rotatable bonds is 15. The van der Waals surface area contributed by atoms with Gasteiger partial charge in [-0.05, 0) is 31.0 Å². The van der Waals surface area contributed by atoms with Crippen molar-refractivity contribution in [1.82, 2.24) is 0 Å². The van der Waals surface area contributed by atoms with Crippen LogP contribution in [0.1, 0.15) is 92.4 Å². The second-order valence-electron chi connectivity index (χ2n) is 8.91. The summed E-state index contributed by atoms with van der Waals surface area (Å²) < 4.78 is 13.3. The smallest absolute Gasteiger partial charge is 0.195 e. The third kappa shape index (κ3) is 12.1. The molecule has 0 spiro atoms. The van der Waals surface area contributed by atoms with Gasteiger partial charge in [0, 0.05) is 0 Å². The topological polar surface area (TPSA) is 18.5 Å². The Labute approximate surface area is 179 Å². The van der Waals surface area contributed by atoms with Gasteiger partial charge >= 0.3 is 0 Å². The molecule has 0 unspecified atom stereocenters. The lowest BCUT2D eigenvalue weighted by atomic mass is 10.1. The van der Waals surface area contributed by atoms with E-state index in [0.717, 1.165) is 6.42 Å². The number of hydrogen-bond donors (Lipinski definition) is 0. The van der Waals surface area contributed by atoms with Gasteiger partial charge < -0.3 is 9.16 Å². The van der Waals surface area contributed by atoms with Gasteiger partial charge in [0.2, 0.25) is 0 Å². The standard InChI is InChI=1S/C22H45IO2Si/c1-8-10-12-14-15-16-18-20(23)21(24-19-17-13-11-9-2)25-26(6,7)22(3,4)5/h13,17,20-21H,8-12,14-16,18-19H2,1-7H3/b17-13+/t20-,21-/m0/s1. The highest BCUT2D eigenvalue weighted by molar-refractivity contribution is 14.1. The van der Waals surface area contributed by atoms with E-state index in [2.05, 4.69) is 82.5 Å². The lowest BCUT2D eigenvalue weighted by Crippen LogP contribution is -2.47. The molecule has 0 saturated heterocycles. The van der Waals surface area contributed by atoms with E-state index in [1.165, 1.54) is 51.4 Å². The molecule has 0 aromatic rings. The normalized spacial score (nSPS) is 15.5. The summed E-state index contributed by atoms with van der Waals surface area (Å²) in [7, 11) is -1.83. The highest BCUT2D eigenvalue weighted by Gasteiger charge is 2.40. The van der Waals surface area contributed by atoms with Gasteiger partial charge in [-0.3, -0.25) is 0 Å². The van der Waals surface area contributed by atoms with Gasteiger partial charge in [-0.15, -0.1) is 0 Å². The molecule has 0 radical (unpaired) electrons. The summed E-state index contributed by atoms with van der Waals surface area (Å²) in [6, 6.07) is 0. The number of ether oxygens (including phenoxy) is 1. The van der Waals surface area contributed by atoms with Crippen LogP contribution in [0.2, 0.25) is 18.1 Å². The molecule has 0 rings (SSSR count). The van der Waals surface area contributed by atoms with E-state index >= 15 is 0 Å². The summed E-state index contributed by atoms with van der Waals surface area (Å²) in [6.07, 6.45) is 15.8. The molecule has 0 bridgehead atoms. The fourth-order valence-corrected chi connectivity index (χ4v) is 4.68. The molecule has 0 aliphatic carbocycles. The molecule has 2 nitrogen and oxygen atoms in total. The highest BCUT2D eigenvalue weighted by Crippen LogP contribution is 2.38. The predicted octanol–water partition coefficient (Wildman–Crippen LogP) is 8.26. The van der Waals surface area contributed by atoms with Crippen molar-refractivity contribution in [3.05, 3.63) is 12.2 Å². The SMILES string of the molecule is CCC/C=C/CO[C@@H](O[Si](C)(C)C(C)(C)C)[C@@H](I)CCCCCCCC. The maximum absolute atomic E-state index is 6.64. The van der Waals surface area contributed by atoms with Gasteiger partial charge in [-0.1, -0.05) is 114 Å². The van der Waals surface area contributed by atoms with Crippen LogP contribution >= 0.6 is 22.6 Å². The van der Waals surface area contributed by atoms with Crippen LogP contribution in [-0.4, -0.2) is 25.1 Å². The van der Waals surface area contributed by atoms with E-state index in [-0.39, 0.29) is 11.3 Å². The highest BCUT2D eigenvalue weighted by atomic mass is 127. The Morgan fingerprint density at radius 3 is 2.12 bits per heavy atom. The molecule has 0 fully saturated rings. The summed E-state index contributed by atoms with van der Waals surface area (Å²) in [6.45, 7) is 16.7. The first-order valence-corrected chi connectivity index (χ1v) is 14.9. The van der Waals surface area contributed by atoms with Gasteiger partial charge in [0.1, 0.15) is 0 Å². The Bertz CT molecular complexity index is 364. The van der Waals surface area contributed by atoms with E-state index in [1.54, 1.807) is 0 Å². The van der Waals surface area contributed by atoms with Crippen molar-refractivity contribution >= 4 is 30.9 Å². The minimum atomic E-state index is -1.83. The zero-order chi connectivity index (χ0) is 20.1. The Kier molecular flexibility index (Phi) is 14.9. The number of hydrogen-bond acceptors (Lipinski definition) is 2. The first kappa shape index (κ1) is 26.6. The van der Waals surface area contributed by atoms with Gasteiger partial charge in [0.05, 0.1) is 10.5 Å². The third-order valence-corrected chi connectivity index (χ3v) is 11.0. The zero-order valence-electron chi connectivity index (χ0n) is 18.6. The maximum atomic E-state index is 6.64. The van der Waals surface area contributed by atoms with E-state index in [1.807, 2.05) is 0 Å². The van der Waals surface area contributed by atoms with Crippen LogP contribution in [0.15, 0.2) is 12.2 Å². The molecule has 0 aromatic carbocycles. The number of unbranched alkanes of at least 4 members (excludes halogenated alkanes) is 6. The molecule has 0 saturated carbocycles. The second-order valence-corrected chi connectivity index (χ2v) is 15.3. The van der Waals surface area contributed by atoms with Crippen molar-refractivity contribution in [1.29, 1.82) is 0 Å². The van der Waals surface area contributed by atoms with Crippen LogP contribution in [0, 0.1) is 0 Å². The minimum Gasteiger partial charge on any atom is -0.391 e. The van der Waals surface area contributed by atoms with Gasteiger partial charge in [-0.2, -0.15) is 0 Å². The van der Waals surface area contributed by atoms with Crippen LogP contribution in [0.4, 0.5) is 0 Å². The molecule has 0 heterocycles. The summed E-state index contributed by atoms with van der Waals surface area (Å²) in [5.41, 5.74) is 0. The largest absolute Gasteiger partial charge is 0.391 e. The zero-order valence-corrected chi connectivity index (χ0v) is 21.7. The molecular weight excluding hydrogens is 451 g/mol. The van der Waals surface area contributed by atoms with E-state index in [0.29, 0.717) is 10.5 Å². The van der Waals surface area contributed by atoms with Gasteiger partial charge in [0.25, 0.3) is 0 Å². The number of alkyl halides is 1. The number of halogens is 1. The molecule has 0 aliphatic rings. The minimum absolute atomic E-state index is 0.0848. The summed E-state index contributed by atoms with van der Waals surface area (Å²) in [5.74, 6) is 0. The van der Waals surface area contributed by atoms with E-state index in [9.17, 15) is 0 Å². The molecule has 0 N–H and O–H groups in total. The first-order chi connectivity index (χ1) is 12.2. The fraction of sp³-hybridized carbons (Fsp3) is 0.909. The second kappa shape index (κ2) is 14.6. The van der Waals surface area contributed by atoms with Crippen LogP contribution in [0.5, 0.6) is 0 Å². The maximum Gasteiger partial charge on any atom is 0.195 e. The lowest BCUT2D eigenvalue weighted by Gasteiger charge is -2.40.